The molecule has 2 heterocycles. The summed E-state index contributed by atoms with van der Waals surface area (Å²) in [5.74, 6) is 0.182. The minimum atomic E-state index is -1.01. The molecule has 1 saturated heterocycles. The number of piperazine rings is 1. The first kappa shape index (κ1) is 37.9. The van der Waals surface area contributed by atoms with Crippen molar-refractivity contribution in [2.45, 2.75) is 50.6 Å². The molecule has 4 rings (SSSR count). The van der Waals surface area contributed by atoms with Crippen molar-refractivity contribution in [3.8, 4) is 11.5 Å². The molecule has 2 aromatic carbocycles. The number of nitrogens with two attached hydrogens (primary N) is 1. The van der Waals surface area contributed by atoms with Crippen LogP contribution in [0, 0.1) is 0 Å². The lowest BCUT2D eigenvalue weighted by Gasteiger charge is -2.37. The van der Waals surface area contributed by atoms with E-state index in [1.165, 1.54) is 0 Å². The third kappa shape index (κ3) is 11.3. The number of carbonyl (C=O) groups excluding carboxylic acids is 3. The Balaban J connectivity index is 1.43. The lowest BCUT2D eigenvalue weighted by atomic mass is 10.0. The number of urea groups is 1. The summed E-state index contributed by atoms with van der Waals surface area (Å²) in [6.45, 7) is 3.19. The van der Waals surface area contributed by atoms with Crippen molar-refractivity contribution in [1.29, 1.82) is 0 Å². The van der Waals surface area contributed by atoms with E-state index in [9.17, 15) is 19.5 Å². The molecule has 0 bridgehead atoms. The molecule has 14 heteroatoms. The third-order valence-electron chi connectivity index (χ3n) is 8.42. The fourth-order valence-electron chi connectivity index (χ4n) is 5.76. The smallest absolute Gasteiger partial charge is 0.315 e. The molecule has 1 aliphatic heterocycles. The minimum Gasteiger partial charge on any atom is -0.506 e. The van der Waals surface area contributed by atoms with Gasteiger partial charge in [-0.1, -0.05) is 18.2 Å². The number of hydrogen-bond acceptors (Lipinski definition) is 8. The third-order valence-corrected chi connectivity index (χ3v) is 9.63. The number of amides is 4. The zero-order chi connectivity index (χ0) is 35.2. The number of pyridine rings is 1. The number of benzene rings is 2. The van der Waals surface area contributed by atoms with Gasteiger partial charge in [-0.05, 0) is 112 Å². The molecule has 49 heavy (non-hydrogen) atoms. The summed E-state index contributed by atoms with van der Waals surface area (Å²) in [6, 6.07) is 12.7. The molecule has 264 valence electrons. The van der Waals surface area contributed by atoms with Gasteiger partial charge in [0.05, 0.1) is 16.1 Å². The van der Waals surface area contributed by atoms with Gasteiger partial charge in [0.1, 0.15) is 23.6 Å². The fourth-order valence-corrected chi connectivity index (χ4v) is 7.04. The van der Waals surface area contributed by atoms with Gasteiger partial charge in [-0.2, -0.15) is 0 Å². The topological polar surface area (TPSA) is 162 Å². The van der Waals surface area contributed by atoms with Gasteiger partial charge < -0.3 is 41.3 Å². The maximum Gasteiger partial charge on any atom is 0.315 e. The van der Waals surface area contributed by atoms with E-state index in [1.807, 2.05) is 36.4 Å². The van der Waals surface area contributed by atoms with Gasteiger partial charge in [0.25, 0.3) is 0 Å². The summed E-state index contributed by atoms with van der Waals surface area (Å²) in [6.07, 6.45) is 6.77. The van der Waals surface area contributed by atoms with Gasteiger partial charge in [0, 0.05) is 57.2 Å². The molecule has 0 saturated carbocycles. The van der Waals surface area contributed by atoms with E-state index in [-0.39, 0.29) is 18.1 Å². The van der Waals surface area contributed by atoms with Crippen molar-refractivity contribution in [3.05, 3.63) is 81.0 Å². The van der Waals surface area contributed by atoms with Crippen LogP contribution < -0.4 is 31.3 Å². The summed E-state index contributed by atoms with van der Waals surface area (Å²) in [4.78, 5) is 49.0. The van der Waals surface area contributed by atoms with E-state index in [2.05, 4.69) is 57.7 Å². The number of phenolic OH excluding ortho intramolecular Hbond substituents is 1. The lowest BCUT2D eigenvalue weighted by molar-refractivity contribution is -0.137. The van der Waals surface area contributed by atoms with E-state index in [0.29, 0.717) is 85.9 Å². The number of rotatable bonds is 16. The van der Waals surface area contributed by atoms with Gasteiger partial charge in [0.2, 0.25) is 11.8 Å². The fraction of sp³-hybridized carbons (Fsp3) is 0.429. The molecule has 4 amide bonds. The number of halogens is 2. The van der Waals surface area contributed by atoms with E-state index in [1.54, 1.807) is 36.5 Å². The van der Waals surface area contributed by atoms with Crippen molar-refractivity contribution in [2.24, 2.45) is 5.73 Å². The van der Waals surface area contributed by atoms with Crippen LogP contribution in [0.5, 0.6) is 11.5 Å². The molecule has 12 nitrogen and oxygen atoms in total. The number of carbonyl (C=O) groups is 3. The summed E-state index contributed by atoms with van der Waals surface area (Å²) in [5.41, 5.74) is 8.52. The molecule has 1 fully saturated rings. The minimum absolute atomic E-state index is 0.0279. The average molecular weight is 804 g/mol. The van der Waals surface area contributed by atoms with Crippen molar-refractivity contribution in [3.63, 3.8) is 0 Å². The normalized spacial score (nSPS) is 14.1. The molecule has 0 aliphatic carbocycles. The van der Waals surface area contributed by atoms with Crippen molar-refractivity contribution in [2.75, 3.05) is 51.3 Å². The number of nitrogens with zero attached hydrogens (tertiary/aromatic N) is 3. The highest BCUT2D eigenvalue weighted by Crippen LogP contribution is 2.33. The molecule has 0 unspecified atom stereocenters. The Morgan fingerprint density at radius 1 is 0.959 bits per heavy atom. The number of unbranched alkanes of at least 4 members (excludes halogenated alkanes) is 1. The summed E-state index contributed by atoms with van der Waals surface area (Å²) < 4.78 is 6.30. The maximum absolute atomic E-state index is 13.9. The van der Waals surface area contributed by atoms with E-state index in [0.717, 1.165) is 17.0 Å². The molecule has 0 spiro atoms. The number of ether oxygens (including phenoxy) is 1. The zero-order valence-corrected chi connectivity index (χ0v) is 30.8. The molecular formula is C35H45Br2N7O5. The summed E-state index contributed by atoms with van der Waals surface area (Å²) in [5, 5.41) is 18.9. The molecule has 1 aromatic heterocycles. The second-order valence-electron chi connectivity index (χ2n) is 11.8. The van der Waals surface area contributed by atoms with Crippen molar-refractivity contribution < 1.29 is 24.2 Å². The predicted molar refractivity (Wildman–Crippen MR) is 197 cm³/mol. The van der Waals surface area contributed by atoms with Gasteiger partial charge in [0.15, 0.2) is 0 Å². The first-order valence-corrected chi connectivity index (χ1v) is 18.1. The number of hydrogen-bond donors (Lipinski definition) is 5. The molecule has 0 radical (unpaired) electrons. The zero-order valence-electron chi connectivity index (χ0n) is 27.7. The number of nitrogens with one attached hydrogen (secondary N) is 3. The Hall–Kier alpha value is -3.88. The number of anilines is 1. The van der Waals surface area contributed by atoms with Crippen LogP contribution in [-0.4, -0.2) is 91.3 Å². The number of aromatic hydroxyl groups is 1. The number of aromatic nitrogens is 1. The van der Waals surface area contributed by atoms with Crippen molar-refractivity contribution >= 4 is 55.4 Å². The van der Waals surface area contributed by atoms with Crippen LogP contribution in [0.2, 0.25) is 0 Å². The molecular weight excluding hydrogens is 758 g/mol. The first-order chi connectivity index (χ1) is 23.7. The summed E-state index contributed by atoms with van der Waals surface area (Å²) >= 11 is 6.70. The Bertz CT molecular complexity index is 1520. The highest BCUT2D eigenvalue weighted by Gasteiger charge is 2.31. The van der Waals surface area contributed by atoms with Crippen molar-refractivity contribution in [1.82, 2.24) is 25.8 Å². The lowest BCUT2D eigenvalue weighted by Crippen LogP contribution is -2.58. The summed E-state index contributed by atoms with van der Waals surface area (Å²) in [7, 11) is 1.63. The molecule has 6 N–H and O–H groups in total. The van der Waals surface area contributed by atoms with Gasteiger partial charge in [-0.15, -0.1) is 0 Å². The van der Waals surface area contributed by atoms with Crippen LogP contribution >= 0.6 is 31.9 Å². The van der Waals surface area contributed by atoms with Crippen LogP contribution in [0.3, 0.4) is 0 Å². The number of aryl methyl sites for hydroxylation is 1. The van der Waals surface area contributed by atoms with Gasteiger partial charge >= 0.3 is 6.03 Å². The average Bonchev–Trinajstić information content (AvgIpc) is 3.12. The molecule has 1 aliphatic rings. The monoisotopic (exact) mass is 801 g/mol. The second-order valence-corrected chi connectivity index (χ2v) is 13.6. The maximum atomic E-state index is 13.9. The van der Waals surface area contributed by atoms with E-state index in [4.69, 9.17) is 10.5 Å². The van der Waals surface area contributed by atoms with Gasteiger partial charge in [-0.25, -0.2) is 4.79 Å². The van der Waals surface area contributed by atoms with Gasteiger partial charge in [-0.3, -0.25) is 14.6 Å². The van der Waals surface area contributed by atoms with Crippen LogP contribution in [0.15, 0.2) is 69.9 Å². The van der Waals surface area contributed by atoms with Crippen LogP contribution in [0.1, 0.15) is 36.8 Å². The van der Waals surface area contributed by atoms with E-state index >= 15 is 0 Å². The van der Waals surface area contributed by atoms with E-state index < -0.39 is 24.0 Å². The molecule has 2 atom stereocenters. The Morgan fingerprint density at radius 3 is 2.33 bits per heavy atom. The standard InChI is InChI=1S/C35H45Br2N7O5/c1-49-31-10-3-2-7-25(31)8-6-14-40-35(48)42-30(23-24-21-27(36)32(45)28(37)22-24)33(46)41-29(9-4-5-13-38)34(47)44-19-17-43(18-20-44)26-11-15-39-16-12-26/h2-3,7,10-12,15-16,21-22,29-30,45H,4-6,8-9,13-14,17-20,23,38H2,1H3,(H,41,46)(H2,40,42,48)/t29-,30-/m0/s1. The Kier molecular flexibility index (Phi) is 15.0. The second kappa shape index (κ2) is 19.3. The predicted octanol–water partition coefficient (Wildman–Crippen LogP) is 4.13. The quantitative estimate of drug-likeness (QED) is 0.135. The van der Waals surface area contributed by atoms with Crippen LogP contribution in [-0.2, 0) is 22.4 Å². The van der Waals surface area contributed by atoms with Crippen LogP contribution in [0.25, 0.3) is 0 Å². The highest BCUT2D eigenvalue weighted by atomic mass is 79.9. The number of methoxy groups -OCH3 is 1. The SMILES string of the molecule is COc1ccccc1CCCNC(=O)N[C@@H](Cc1cc(Br)c(O)c(Br)c1)C(=O)N[C@@H](CCCCN)C(=O)N1CCN(c2ccncc2)CC1. The first-order valence-electron chi connectivity index (χ1n) is 16.5. The number of phenols is 1. The largest absolute Gasteiger partial charge is 0.506 e. The highest BCUT2D eigenvalue weighted by molar-refractivity contribution is 9.11. The Labute approximate surface area is 304 Å². The number of para-hydroxylation sites is 1. The van der Waals surface area contributed by atoms with Crippen LogP contribution in [0.4, 0.5) is 10.5 Å². The molecule has 3 aromatic rings. The Morgan fingerprint density at radius 2 is 1.65 bits per heavy atom.